The van der Waals surface area contributed by atoms with Gasteiger partial charge in [-0.3, -0.25) is 4.79 Å². The number of amides is 1. The van der Waals surface area contributed by atoms with Crippen LogP contribution in [0.25, 0.3) is 0 Å². The Morgan fingerprint density at radius 3 is 2.71 bits per heavy atom. The van der Waals surface area contributed by atoms with Gasteiger partial charge in [-0.2, -0.15) is 0 Å². The second-order valence-electron chi connectivity index (χ2n) is 5.71. The molecule has 6 nitrogen and oxygen atoms in total. The van der Waals surface area contributed by atoms with Crippen LogP contribution in [0.4, 0.5) is 10.8 Å². The van der Waals surface area contributed by atoms with E-state index < -0.39 is 0 Å². The number of carbonyl (C=O) groups is 1. The van der Waals surface area contributed by atoms with Gasteiger partial charge in [0.2, 0.25) is 11.0 Å². The third kappa shape index (κ3) is 4.68. The Labute approximate surface area is 149 Å². The molecule has 2 aromatic rings. The van der Waals surface area contributed by atoms with Gasteiger partial charge in [-0.1, -0.05) is 41.3 Å². The van der Waals surface area contributed by atoms with Crippen molar-refractivity contribution in [3.8, 4) is 0 Å². The van der Waals surface area contributed by atoms with Crippen LogP contribution in [-0.2, 0) is 9.53 Å². The lowest BCUT2D eigenvalue weighted by Crippen LogP contribution is -2.48. The van der Waals surface area contributed by atoms with Crippen LogP contribution in [0.1, 0.15) is 13.8 Å². The Morgan fingerprint density at radius 2 is 2.00 bits per heavy atom. The average Bonchev–Trinajstić information content (AvgIpc) is 3.00. The van der Waals surface area contributed by atoms with Crippen molar-refractivity contribution in [1.82, 2.24) is 15.1 Å². The first-order valence-electron chi connectivity index (χ1n) is 7.82. The van der Waals surface area contributed by atoms with Crippen molar-refractivity contribution in [2.45, 2.75) is 30.4 Å². The summed E-state index contributed by atoms with van der Waals surface area (Å²) >= 11 is 2.88. The van der Waals surface area contributed by atoms with Gasteiger partial charge in [-0.15, -0.1) is 10.2 Å². The molecule has 2 unspecified atom stereocenters. The number of para-hydroxylation sites is 1. The number of morpholine rings is 1. The number of anilines is 2. The minimum absolute atomic E-state index is 0.0888. The highest BCUT2D eigenvalue weighted by molar-refractivity contribution is 8.01. The van der Waals surface area contributed by atoms with Crippen molar-refractivity contribution >= 4 is 39.8 Å². The highest BCUT2D eigenvalue weighted by atomic mass is 32.2. The fourth-order valence-corrected chi connectivity index (χ4v) is 4.23. The van der Waals surface area contributed by atoms with E-state index in [4.69, 9.17) is 4.74 Å². The molecule has 1 N–H and O–H groups in total. The van der Waals surface area contributed by atoms with E-state index in [1.807, 2.05) is 49.1 Å². The summed E-state index contributed by atoms with van der Waals surface area (Å²) in [6, 6.07) is 9.83. The molecular formula is C16H20N4O2S2. The van der Waals surface area contributed by atoms with Crippen molar-refractivity contribution in [2.24, 2.45) is 0 Å². The van der Waals surface area contributed by atoms with E-state index in [9.17, 15) is 4.79 Å². The zero-order valence-corrected chi connectivity index (χ0v) is 15.3. The second kappa shape index (κ2) is 7.96. The quantitative estimate of drug-likeness (QED) is 0.823. The van der Waals surface area contributed by atoms with E-state index in [2.05, 4.69) is 15.5 Å². The molecule has 0 saturated carbocycles. The summed E-state index contributed by atoms with van der Waals surface area (Å²) in [5, 5.41) is 12.2. The highest BCUT2D eigenvalue weighted by Crippen LogP contribution is 2.28. The molecule has 1 aromatic carbocycles. The number of aromatic nitrogens is 2. The fraction of sp³-hybridized carbons (Fsp3) is 0.438. The first-order valence-corrected chi connectivity index (χ1v) is 9.62. The van der Waals surface area contributed by atoms with E-state index in [0.29, 0.717) is 18.8 Å². The van der Waals surface area contributed by atoms with Gasteiger partial charge in [0.05, 0.1) is 18.0 Å². The van der Waals surface area contributed by atoms with Gasteiger partial charge >= 0.3 is 0 Å². The van der Waals surface area contributed by atoms with Gasteiger partial charge in [-0.05, 0) is 26.0 Å². The van der Waals surface area contributed by atoms with Crippen molar-refractivity contribution in [2.75, 3.05) is 24.2 Å². The maximum absolute atomic E-state index is 12.4. The number of hydrogen-bond acceptors (Lipinski definition) is 7. The number of thioether (sulfide) groups is 1. The van der Waals surface area contributed by atoms with Crippen molar-refractivity contribution < 1.29 is 9.53 Å². The van der Waals surface area contributed by atoms with Crippen molar-refractivity contribution in [1.29, 1.82) is 0 Å². The van der Waals surface area contributed by atoms with Crippen molar-refractivity contribution in [3.05, 3.63) is 30.3 Å². The number of ether oxygens (including phenoxy) is 1. The summed E-state index contributed by atoms with van der Waals surface area (Å²) in [4.78, 5) is 14.2. The molecule has 0 bridgehead atoms. The van der Waals surface area contributed by atoms with Crippen LogP contribution < -0.4 is 5.32 Å². The van der Waals surface area contributed by atoms with E-state index in [0.717, 1.165) is 15.2 Å². The normalized spacial score (nSPS) is 20.8. The van der Waals surface area contributed by atoms with E-state index in [1.54, 1.807) is 0 Å². The Balaban J connectivity index is 1.51. The predicted molar refractivity (Wildman–Crippen MR) is 96.9 cm³/mol. The van der Waals surface area contributed by atoms with Gasteiger partial charge in [-0.25, -0.2) is 0 Å². The Kier molecular flexibility index (Phi) is 5.70. The predicted octanol–water partition coefficient (Wildman–Crippen LogP) is 3.01. The number of rotatable bonds is 5. The Morgan fingerprint density at radius 1 is 1.29 bits per heavy atom. The molecule has 1 aliphatic heterocycles. The van der Waals surface area contributed by atoms with Gasteiger partial charge < -0.3 is 15.0 Å². The van der Waals surface area contributed by atoms with Gasteiger partial charge in [0, 0.05) is 18.8 Å². The number of nitrogens with zero attached hydrogens (tertiary/aromatic N) is 3. The number of hydrogen-bond donors (Lipinski definition) is 1. The maximum Gasteiger partial charge on any atom is 0.233 e. The van der Waals surface area contributed by atoms with Gasteiger partial charge in [0.15, 0.2) is 4.34 Å². The van der Waals surface area contributed by atoms with Crippen LogP contribution in [0, 0.1) is 0 Å². The number of carbonyl (C=O) groups excluding carboxylic acids is 1. The summed E-state index contributed by atoms with van der Waals surface area (Å²) in [5.74, 6) is 0.495. The fourth-order valence-electron chi connectivity index (χ4n) is 2.56. The van der Waals surface area contributed by atoms with Gasteiger partial charge in [0.25, 0.3) is 0 Å². The van der Waals surface area contributed by atoms with Crippen LogP contribution >= 0.6 is 23.1 Å². The lowest BCUT2D eigenvalue weighted by molar-refractivity contribution is -0.140. The molecule has 1 aliphatic rings. The Hall–Kier alpha value is -1.64. The van der Waals surface area contributed by atoms with E-state index >= 15 is 0 Å². The van der Waals surface area contributed by atoms with Crippen LogP contribution in [-0.4, -0.2) is 52.1 Å². The maximum atomic E-state index is 12.4. The average molecular weight is 364 g/mol. The SMILES string of the molecule is CC1CN(C(=O)CSc2nnc(Nc3ccccc3)s2)CC(C)O1. The standard InChI is InChI=1S/C16H20N4O2S2/c1-11-8-20(9-12(2)22-11)14(21)10-23-16-19-18-15(24-16)17-13-6-4-3-5-7-13/h3-7,11-12H,8-10H2,1-2H3,(H,17,18). The largest absolute Gasteiger partial charge is 0.372 e. The van der Waals surface area contributed by atoms with Crippen LogP contribution in [0.2, 0.25) is 0 Å². The molecule has 0 radical (unpaired) electrons. The van der Waals surface area contributed by atoms with Crippen LogP contribution in [0.15, 0.2) is 34.7 Å². The molecule has 1 fully saturated rings. The first kappa shape index (κ1) is 17.2. The summed E-state index contributed by atoms with van der Waals surface area (Å²) in [7, 11) is 0. The molecule has 2 heterocycles. The molecule has 1 aromatic heterocycles. The lowest BCUT2D eigenvalue weighted by atomic mass is 10.2. The third-order valence-corrected chi connectivity index (χ3v) is 5.48. The van der Waals surface area contributed by atoms with Gasteiger partial charge in [0.1, 0.15) is 0 Å². The summed E-state index contributed by atoms with van der Waals surface area (Å²) in [5.41, 5.74) is 0.970. The number of nitrogens with one attached hydrogen (secondary N) is 1. The molecule has 0 spiro atoms. The molecule has 1 amide bonds. The topological polar surface area (TPSA) is 67.4 Å². The molecule has 24 heavy (non-hydrogen) atoms. The monoisotopic (exact) mass is 364 g/mol. The second-order valence-corrected chi connectivity index (χ2v) is 7.91. The number of benzene rings is 1. The van der Waals surface area contributed by atoms with E-state index in [-0.39, 0.29) is 18.1 Å². The van der Waals surface area contributed by atoms with Crippen LogP contribution in [0.3, 0.4) is 0 Å². The first-order chi connectivity index (χ1) is 11.6. The summed E-state index contributed by atoms with van der Waals surface area (Å²) < 4.78 is 6.45. The molecule has 128 valence electrons. The molecule has 1 saturated heterocycles. The minimum Gasteiger partial charge on any atom is -0.372 e. The molecular weight excluding hydrogens is 344 g/mol. The summed E-state index contributed by atoms with van der Waals surface area (Å²) in [6.45, 7) is 5.30. The molecule has 2 atom stereocenters. The van der Waals surface area contributed by atoms with Crippen molar-refractivity contribution in [3.63, 3.8) is 0 Å². The lowest BCUT2D eigenvalue weighted by Gasteiger charge is -2.35. The highest BCUT2D eigenvalue weighted by Gasteiger charge is 2.25. The Bertz CT molecular complexity index is 670. The van der Waals surface area contributed by atoms with Crippen LogP contribution in [0.5, 0.6) is 0 Å². The molecule has 3 rings (SSSR count). The smallest absolute Gasteiger partial charge is 0.233 e. The summed E-state index contributed by atoms with van der Waals surface area (Å²) in [6.07, 6.45) is 0.178. The third-order valence-electron chi connectivity index (χ3n) is 3.52. The molecule has 0 aliphatic carbocycles. The zero-order valence-electron chi connectivity index (χ0n) is 13.6. The molecule has 8 heteroatoms. The van der Waals surface area contributed by atoms with E-state index in [1.165, 1.54) is 23.1 Å². The minimum atomic E-state index is 0.0888. The zero-order chi connectivity index (χ0) is 16.9.